The number of nitrogens with zero attached hydrogens (tertiary/aromatic N) is 3. The molecule has 2 heterocycles. The molecule has 2 aliphatic heterocycles. The molecule has 2 N–H and O–H groups in total. The minimum atomic E-state index is -3.60. The van der Waals surface area contributed by atoms with E-state index in [0.717, 1.165) is 36.8 Å². The maximum atomic E-state index is 14.1. The van der Waals surface area contributed by atoms with Gasteiger partial charge in [-0.2, -0.15) is 17.0 Å². The monoisotopic (exact) mass is 727 g/mol. The molecule has 1 aliphatic carbocycles. The molecule has 13 nitrogen and oxygen atoms in total. The fourth-order valence-corrected chi connectivity index (χ4v) is 9.12. The Morgan fingerprint density at radius 3 is 2.14 bits per heavy atom. The molecule has 2 fully saturated rings. The number of hydrogen-bond acceptors (Lipinski definition) is 9. The number of nitrogens with one attached hydrogen (secondary N) is 2. The van der Waals surface area contributed by atoms with Crippen LogP contribution >= 0.6 is 0 Å². The van der Waals surface area contributed by atoms with Gasteiger partial charge in [0.05, 0.1) is 33.1 Å². The zero-order valence-corrected chi connectivity index (χ0v) is 31.6. The number of carbonyl (C=O) groups excluding carboxylic acids is 2. The Morgan fingerprint density at radius 2 is 1.55 bits per heavy atom. The highest BCUT2D eigenvalue weighted by Gasteiger charge is 2.37. The van der Waals surface area contributed by atoms with Crippen LogP contribution in [0.1, 0.15) is 76.5 Å². The zero-order chi connectivity index (χ0) is 36.9. The first kappa shape index (κ1) is 38.4. The predicted octanol–water partition coefficient (Wildman–Crippen LogP) is 3.95. The van der Waals surface area contributed by atoms with Gasteiger partial charge in [0.2, 0.25) is 23.0 Å². The van der Waals surface area contributed by atoms with Crippen molar-refractivity contribution in [1.29, 1.82) is 0 Å². The first-order valence-electron chi connectivity index (χ1n) is 18.0. The minimum absolute atomic E-state index is 0.135. The summed E-state index contributed by atoms with van der Waals surface area (Å²) in [6.45, 7) is 7.44. The van der Waals surface area contributed by atoms with Crippen molar-refractivity contribution < 1.29 is 32.2 Å². The van der Waals surface area contributed by atoms with Crippen molar-refractivity contribution in [2.24, 2.45) is 5.92 Å². The van der Waals surface area contributed by atoms with Gasteiger partial charge in [0, 0.05) is 51.8 Å². The lowest BCUT2D eigenvalue weighted by Crippen LogP contribution is -2.57. The van der Waals surface area contributed by atoms with Crippen LogP contribution in [0.25, 0.3) is 11.1 Å². The third-order valence-electron chi connectivity index (χ3n) is 10.5. The second-order valence-corrected chi connectivity index (χ2v) is 15.6. The van der Waals surface area contributed by atoms with E-state index in [1.54, 1.807) is 29.5 Å². The van der Waals surface area contributed by atoms with Crippen molar-refractivity contribution in [2.45, 2.75) is 77.8 Å². The molecule has 0 spiro atoms. The molecular weight excluding hydrogens is 675 g/mol. The van der Waals surface area contributed by atoms with Crippen LogP contribution in [0.3, 0.4) is 0 Å². The number of hydrogen-bond donors (Lipinski definition) is 2. The molecule has 2 amide bonds. The Labute approximate surface area is 301 Å². The molecule has 0 aromatic heterocycles. The highest BCUT2D eigenvalue weighted by molar-refractivity contribution is 7.86. The van der Waals surface area contributed by atoms with Crippen molar-refractivity contribution >= 4 is 27.7 Å². The minimum Gasteiger partial charge on any atom is -0.493 e. The predicted molar refractivity (Wildman–Crippen MR) is 197 cm³/mol. The number of piperazine rings is 1. The van der Waals surface area contributed by atoms with Gasteiger partial charge in [-0.25, -0.2) is 0 Å². The first-order chi connectivity index (χ1) is 24.4. The average Bonchev–Trinajstić information content (AvgIpc) is 3.56. The van der Waals surface area contributed by atoms with Crippen molar-refractivity contribution in [3.05, 3.63) is 45.6 Å². The highest BCUT2D eigenvalue weighted by Crippen LogP contribution is 2.50. The normalized spacial score (nSPS) is 19.7. The molecule has 3 aliphatic rings. The topological polar surface area (TPSA) is 147 Å². The molecule has 0 radical (unpaired) electrons. The molecule has 14 heteroatoms. The highest BCUT2D eigenvalue weighted by atomic mass is 32.2. The van der Waals surface area contributed by atoms with E-state index in [2.05, 4.69) is 10.6 Å². The van der Waals surface area contributed by atoms with E-state index in [1.807, 2.05) is 26.0 Å². The van der Waals surface area contributed by atoms with Crippen LogP contribution in [0.15, 0.2) is 29.1 Å². The fourth-order valence-electron chi connectivity index (χ4n) is 7.45. The summed E-state index contributed by atoms with van der Waals surface area (Å²) in [4.78, 5) is 42.3. The van der Waals surface area contributed by atoms with Gasteiger partial charge in [0.25, 0.3) is 10.2 Å². The van der Waals surface area contributed by atoms with Gasteiger partial charge in [-0.15, -0.1) is 0 Å². The van der Waals surface area contributed by atoms with Crippen molar-refractivity contribution in [3.8, 4) is 28.4 Å². The van der Waals surface area contributed by atoms with Gasteiger partial charge in [-0.3, -0.25) is 14.4 Å². The molecule has 51 heavy (non-hydrogen) atoms. The molecule has 0 bridgehead atoms. The van der Waals surface area contributed by atoms with Crippen LogP contribution < -0.4 is 30.3 Å². The van der Waals surface area contributed by atoms with E-state index in [9.17, 15) is 22.8 Å². The van der Waals surface area contributed by atoms with Gasteiger partial charge in [0.1, 0.15) is 6.04 Å². The summed E-state index contributed by atoms with van der Waals surface area (Å²) >= 11 is 0. The van der Waals surface area contributed by atoms with Crippen LogP contribution in [-0.4, -0.2) is 100 Å². The molecule has 280 valence electrons. The Balaban J connectivity index is 1.47. The Kier molecular flexibility index (Phi) is 12.5. The number of methoxy groups -OCH3 is 3. The van der Waals surface area contributed by atoms with Gasteiger partial charge in [-0.1, -0.05) is 39.2 Å². The van der Waals surface area contributed by atoms with Crippen molar-refractivity contribution in [2.75, 3.05) is 65.9 Å². The number of ether oxygens (including phenoxy) is 3. The van der Waals surface area contributed by atoms with E-state index in [4.69, 9.17) is 14.2 Å². The van der Waals surface area contributed by atoms with Crippen molar-refractivity contribution in [3.63, 3.8) is 0 Å². The molecule has 3 atom stereocenters. The number of carbonyl (C=O) groups is 2. The largest absolute Gasteiger partial charge is 0.493 e. The SMILES string of the molecule is CC[C@H](C)[C@@H](Nc1ccc2c(cc1=O)[C@H](NC(C)=O)CCc1cc(OC)c(OC)c(OC)c1-2)C(=O)N1CCN(S(=O)(=O)N2CCCCCC2)CC1. The number of aryl methyl sites for hydroxylation is 1. The van der Waals surface area contributed by atoms with E-state index in [1.165, 1.54) is 24.4 Å². The van der Waals surface area contributed by atoms with Gasteiger partial charge in [-0.05, 0) is 66.5 Å². The molecule has 2 aromatic carbocycles. The Morgan fingerprint density at radius 1 is 0.902 bits per heavy atom. The number of anilines is 1. The van der Waals surface area contributed by atoms with Crippen LogP contribution in [0, 0.1) is 5.92 Å². The van der Waals surface area contributed by atoms with Crippen LogP contribution in [0.2, 0.25) is 0 Å². The lowest BCUT2D eigenvalue weighted by Gasteiger charge is -2.38. The van der Waals surface area contributed by atoms with Gasteiger partial charge < -0.3 is 29.7 Å². The first-order valence-corrected chi connectivity index (χ1v) is 19.4. The number of amides is 2. The summed E-state index contributed by atoms with van der Waals surface area (Å²) in [5.41, 5.74) is 2.88. The van der Waals surface area contributed by atoms with E-state index in [-0.39, 0.29) is 55.0 Å². The summed E-state index contributed by atoms with van der Waals surface area (Å²) in [5.74, 6) is 0.839. The molecule has 2 aromatic rings. The lowest BCUT2D eigenvalue weighted by atomic mass is 9.95. The third-order valence-corrected chi connectivity index (χ3v) is 12.5. The van der Waals surface area contributed by atoms with Crippen LogP contribution in [-0.2, 0) is 26.2 Å². The van der Waals surface area contributed by atoms with E-state index >= 15 is 0 Å². The van der Waals surface area contributed by atoms with Crippen LogP contribution in [0.4, 0.5) is 5.69 Å². The van der Waals surface area contributed by atoms with Crippen molar-refractivity contribution in [1.82, 2.24) is 18.8 Å². The summed E-state index contributed by atoms with van der Waals surface area (Å²) < 4.78 is 47.1. The average molecular weight is 728 g/mol. The quantitative estimate of drug-likeness (QED) is 0.351. The maximum absolute atomic E-state index is 14.1. The maximum Gasteiger partial charge on any atom is 0.282 e. The second-order valence-electron chi connectivity index (χ2n) is 13.6. The zero-order valence-electron chi connectivity index (χ0n) is 30.7. The molecule has 0 unspecified atom stereocenters. The fraction of sp³-hybridized carbons (Fsp3) is 0.595. The van der Waals surface area contributed by atoms with Gasteiger partial charge >= 0.3 is 0 Å². The molecule has 0 saturated carbocycles. The lowest BCUT2D eigenvalue weighted by molar-refractivity contribution is -0.134. The smallest absolute Gasteiger partial charge is 0.282 e. The standard InChI is InChI=1S/C37H53N5O8S/c1-7-24(2)34(37(45)40-18-20-42(21-19-40)51(46,47)41-16-10-8-9-11-17-41)39-30-15-13-27-28(23-31(30)44)29(38-25(3)43)14-12-26-22-32(48-4)35(49-5)36(50-6)33(26)27/h13,15,22-24,29,34H,7-12,14,16-21H2,1-6H3,(H,38,43)(H,39,44)/t24-,29+,34+/m0/s1. The number of rotatable bonds is 11. The summed E-state index contributed by atoms with van der Waals surface area (Å²) in [6, 6.07) is 5.76. The van der Waals surface area contributed by atoms with Crippen LogP contribution in [0.5, 0.6) is 17.2 Å². The summed E-state index contributed by atoms with van der Waals surface area (Å²) in [5, 5.41) is 6.32. The second kappa shape index (κ2) is 16.6. The summed E-state index contributed by atoms with van der Waals surface area (Å²) in [6.07, 6.45) is 5.56. The Bertz CT molecular complexity index is 1750. The molecular formula is C37H53N5O8S. The number of fused-ring (bicyclic) bond motifs is 3. The van der Waals surface area contributed by atoms with E-state index in [0.29, 0.717) is 60.7 Å². The third kappa shape index (κ3) is 8.12. The number of benzene rings is 1. The Hall–Kier alpha value is -3.88. The van der Waals surface area contributed by atoms with Gasteiger partial charge in [0.15, 0.2) is 11.5 Å². The van der Waals surface area contributed by atoms with E-state index < -0.39 is 22.3 Å². The molecule has 2 saturated heterocycles. The molecule has 5 rings (SSSR count). The summed E-state index contributed by atoms with van der Waals surface area (Å²) in [7, 11) is 1.05.